The highest BCUT2D eigenvalue weighted by molar-refractivity contribution is 5.25. The molecule has 0 heterocycles. The lowest BCUT2D eigenvalue weighted by Crippen LogP contribution is -2.07. The quantitative estimate of drug-likeness (QED) is 0.628. The van der Waals surface area contributed by atoms with Crippen molar-refractivity contribution in [1.82, 2.24) is 0 Å². The Morgan fingerprint density at radius 2 is 1.87 bits per heavy atom. The second kappa shape index (κ2) is 5.16. The predicted octanol–water partition coefficient (Wildman–Crippen LogP) is 4.54. The van der Waals surface area contributed by atoms with E-state index in [1.165, 1.54) is 31.2 Å². The van der Waals surface area contributed by atoms with E-state index < -0.39 is 0 Å². The van der Waals surface area contributed by atoms with Crippen LogP contribution in [0.5, 0.6) is 0 Å². The molecule has 0 spiro atoms. The first kappa shape index (κ1) is 10.5. The van der Waals surface area contributed by atoms with E-state index in [0.29, 0.717) is 5.92 Å². The van der Waals surface area contributed by atoms with Crippen LogP contribution in [-0.2, 0) is 0 Å². The summed E-state index contributed by atoms with van der Waals surface area (Å²) in [4.78, 5) is 0. The van der Waals surface area contributed by atoms with Crippen molar-refractivity contribution >= 4 is 0 Å². The van der Waals surface area contributed by atoms with Crippen molar-refractivity contribution in [3.63, 3.8) is 0 Å². The summed E-state index contributed by atoms with van der Waals surface area (Å²) in [5, 5.41) is 0. The van der Waals surface area contributed by atoms with E-state index in [1.807, 2.05) is 0 Å². The number of hydrogen-bond acceptors (Lipinski definition) is 0. The molecule has 0 bridgehead atoms. The summed E-state index contributed by atoms with van der Waals surface area (Å²) < 4.78 is 0. The van der Waals surface area contributed by atoms with Crippen LogP contribution in [0.2, 0.25) is 0 Å². The molecule has 2 atom stereocenters. The van der Waals surface area contributed by atoms with Gasteiger partial charge in [-0.15, -0.1) is 0 Å². The molecule has 0 aliphatic heterocycles. The Hall–Kier alpha value is -1.04. The Balaban J connectivity index is 2.01. The average Bonchev–Trinajstić information content (AvgIpc) is 2.32. The fraction of sp³-hybridized carbons (Fsp3) is 0.467. The molecular formula is C15H20. The zero-order chi connectivity index (χ0) is 10.5. The van der Waals surface area contributed by atoms with Gasteiger partial charge in [0.25, 0.3) is 0 Å². The summed E-state index contributed by atoms with van der Waals surface area (Å²) in [5.41, 5.74) is 1.48. The molecule has 0 N–H and O–H groups in total. The SMILES string of the molecule is CCCC1C=CC(c2ccccc2)CC1. The minimum atomic E-state index is 0.666. The first-order valence-corrected chi connectivity index (χ1v) is 6.13. The highest BCUT2D eigenvalue weighted by atomic mass is 14.2. The standard InChI is InChI=1S/C15H20/c1-2-6-13-9-11-15(12-10-13)14-7-4-3-5-8-14/h3-5,7-9,11,13,15H,2,6,10,12H2,1H3. The molecule has 1 aromatic rings. The lowest BCUT2D eigenvalue weighted by molar-refractivity contribution is 0.477. The Kier molecular flexibility index (Phi) is 3.60. The van der Waals surface area contributed by atoms with Crippen molar-refractivity contribution in [2.45, 2.75) is 38.5 Å². The van der Waals surface area contributed by atoms with Gasteiger partial charge < -0.3 is 0 Å². The minimum Gasteiger partial charge on any atom is -0.0848 e. The van der Waals surface area contributed by atoms with Crippen molar-refractivity contribution < 1.29 is 0 Å². The smallest absolute Gasteiger partial charge is 0.00182 e. The highest BCUT2D eigenvalue weighted by Crippen LogP contribution is 2.31. The van der Waals surface area contributed by atoms with Gasteiger partial charge in [-0.3, -0.25) is 0 Å². The first-order valence-electron chi connectivity index (χ1n) is 6.13. The van der Waals surface area contributed by atoms with E-state index >= 15 is 0 Å². The lowest BCUT2D eigenvalue weighted by atomic mass is 9.83. The van der Waals surface area contributed by atoms with Crippen LogP contribution in [0, 0.1) is 5.92 Å². The summed E-state index contributed by atoms with van der Waals surface area (Å²) in [5.74, 6) is 1.51. The van der Waals surface area contributed by atoms with Gasteiger partial charge in [0.05, 0.1) is 0 Å². The Morgan fingerprint density at radius 3 is 2.47 bits per heavy atom. The van der Waals surface area contributed by atoms with Gasteiger partial charge in [0.2, 0.25) is 0 Å². The molecule has 0 nitrogen and oxygen atoms in total. The lowest BCUT2D eigenvalue weighted by Gasteiger charge is -2.22. The normalized spacial score (nSPS) is 25.4. The van der Waals surface area contributed by atoms with Crippen LogP contribution in [0.25, 0.3) is 0 Å². The van der Waals surface area contributed by atoms with Crippen LogP contribution in [0.15, 0.2) is 42.5 Å². The van der Waals surface area contributed by atoms with Crippen LogP contribution in [0.4, 0.5) is 0 Å². The monoisotopic (exact) mass is 200 g/mol. The van der Waals surface area contributed by atoms with Gasteiger partial charge in [0.1, 0.15) is 0 Å². The first-order chi connectivity index (χ1) is 7.40. The molecule has 2 rings (SSSR count). The predicted molar refractivity (Wildman–Crippen MR) is 66.0 cm³/mol. The Bertz CT molecular complexity index is 310. The van der Waals surface area contributed by atoms with E-state index in [0.717, 1.165) is 5.92 Å². The molecule has 1 aliphatic rings. The van der Waals surface area contributed by atoms with Crippen LogP contribution in [-0.4, -0.2) is 0 Å². The summed E-state index contributed by atoms with van der Waals surface area (Å²) in [6, 6.07) is 10.9. The van der Waals surface area contributed by atoms with Gasteiger partial charge in [-0.2, -0.15) is 0 Å². The molecule has 0 heteroatoms. The number of hydrogen-bond donors (Lipinski definition) is 0. The maximum atomic E-state index is 2.44. The topological polar surface area (TPSA) is 0 Å². The summed E-state index contributed by atoms with van der Waals surface area (Å²) in [7, 11) is 0. The molecule has 2 unspecified atom stereocenters. The zero-order valence-electron chi connectivity index (χ0n) is 9.52. The second-order valence-corrected chi connectivity index (χ2v) is 4.53. The van der Waals surface area contributed by atoms with Crippen molar-refractivity contribution in [3.05, 3.63) is 48.0 Å². The van der Waals surface area contributed by atoms with Gasteiger partial charge in [-0.05, 0) is 30.7 Å². The third-order valence-corrected chi connectivity index (χ3v) is 3.35. The van der Waals surface area contributed by atoms with Crippen molar-refractivity contribution in [2.24, 2.45) is 5.92 Å². The maximum Gasteiger partial charge on any atom is 0.00182 e. The van der Waals surface area contributed by atoms with E-state index in [2.05, 4.69) is 49.4 Å². The van der Waals surface area contributed by atoms with Gasteiger partial charge in [0.15, 0.2) is 0 Å². The summed E-state index contributed by atoms with van der Waals surface area (Å²) >= 11 is 0. The van der Waals surface area contributed by atoms with E-state index in [4.69, 9.17) is 0 Å². The number of allylic oxidation sites excluding steroid dienone is 2. The second-order valence-electron chi connectivity index (χ2n) is 4.53. The summed E-state index contributed by atoms with van der Waals surface area (Å²) in [6.45, 7) is 2.27. The molecule has 0 radical (unpaired) electrons. The molecular weight excluding hydrogens is 180 g/mol. The fourth-order valence-corrected chi connectivity index (χ4v) is 2.47. The third-order valence-electron chi connectivity index (χ3n) is 3.35. The Labute approximate surface area is 93.0 Å². The molecule has 0 fully saturated rings. The molecule has 0 saturated heterocycles. The molecule has 80 valence electrons. The Morgan fingerprint density at radius 1 is 1.07 bits per heavy atom. The van der Waals surface area contributed by atoms with E-state index in [1.54, 1.807) is 0 Å². The number of rotatable bonds is 3. The summed E-state index contributed by atoms with van der Waals surface area (Å²) in [6.07, 6.45) is 10.2. The van der Waals surface area contributed by atoms with Crippen LogP contribution >= 0.6 is 0 Å². The van der Waals surface area contributed by atoms with Crippen LogP contribution < -0.4 is 0 Å². The molecule has 0 aromatic heterocycles. The largest absolute Gasteiger partial charge is 0.0848 e. The fourth-order valence-electron chi connectivity index (χ4n) is 2.47. The van der Waals surface area contributed by atoms with Crippen molar-refractivity contribution in [3.8, 4) is 0 Å². The molecule has 0 saturated carbocycles. The third kappa shape index (κ3) is 2.71. The molecule has 1 aromatic carbocycles. The van der Waals surface area contributed by atoms with Gasteiger partial charge in [-0.25, -0.2) is 0 Å². The van der Waals surface area contributed by atoms with E-state index in [9.17, 15) is 0 Å². The number of benzene rings is 1. The zero-order valence-corrected chi connectivity index (χ0v) is 9.52. The average molecular weight is 200 g/mol. The molecule has 15 heavy (non-hydrogen) atoms. The van der Waals surface area contributed by atoms with Gasteiger partial charge >= 0.3 is 0 Å². The maximum absolute atomic E-state index is 2.44. The van der Waals surface area contributed by atoms with Gasteiger partial charge in [-0.1, -0.05) is 55.8 Å². The molecule has 0 amide bonds. The minimum absolute atomic E-state index is 0.666. The molecule has 1 aliphatic carbocycles. The van der Waals surface area contributed by atoms with Crippen LogP contribution in [0.3, 0.4) is 0 Å². The van der Waals surface area contributed by atoms with Gasteiger partial charge in [0, 0.05) is 5.92 Å². The van der Waals surface area contributed by atoms with E-state index in [-0.39, 0.29) is 0 Å². The van der Waals surface area contributed by atoms with Crippen molar-refractivity contribution in [1.29, 1.82) is 0 Å². The highest BCUT2D eigenvalue weighted by Gasteiger charge is 2.15. The van der Waals surface area contributed by atoms with Crippen molar-refractivity contribution in [2.75, 3.05) is 0 Å². The van der Waals surface area contributed by atoms with Crippen LogP contribution in [0.1, 0.15) is 44.1 Å².